The van der Waals surface area contributed by atoms with Gasteiger partial charge in [-0.3, -0.25) is 4.79 Å². The van der Waals surface area contributed by atoms with E-state index in [1.807, 2.05) is 0 Å². The Kier molecular flexibility index (Phi) is 7.93. The average Bonchev–Trinajstić information content (AvgIpc) is 3.12. The minimum Gasteiger partial charge on any atom is -0.425 e. The zero-order chi connectivity index (χ0) is 22.2. The summed E-state index contributed by atoms with van der Waals surface area (Å²) in [6.45, 7) is 7.23. The number of rotatable bonds is 11. The largest absolute Gasteiger partial charge is 0.425 e. The van der Waals surface area contributed by atoms with Gasteiger partial charge in [0.25, 0.3) is 0 Å². The summed E-state index contributed by atoms with van der Waals surface area (Å²) in [4.78, 5) is 12.0. The van der Waals surface area contributed by atoms with Crippen molar-refractivity contribution in [2.24, 2.45) is 0 Å². The maximum atomic E-state index is 12.8. The summed E-state index contributed by atoms with van der Waals surface area (Å²) < 4.78 is 43.8. The highest BCUT2D eigenvalue weighted by molar-refractivity contribution is 5.76. The lowest BCUT2D eigenvalue weighted by Gasteiger charge is -2.25. The van der Waals surface area contributed by atoms with Crippen LogP contribution in [0.2, 0.25) is 0 Å². The lowest BCUT2D eigenvalue weighted by molar-refractivity contribution is -0.137. The summed E-state index contributed by atoms with van der Waals surface area (Å²) in [6.07, 6.45) is -0.387. The van der Waals surface area contributed by atoms with Crippen LogP contribution in [0.25, 0.3) is 0 Å². The van der Waals surface area contributed by atoms with Gasteiger partial charge in [-0.2, -0.15) is 13.2 Å². The Morgan fingerprint density at radius 1 is 1.17 bits per heavy atom. The summed E-state index contributed by atoms with van der Waals surface area (Å²) in [7, 11) is 0. The molecule has 0 atom stereocenters. The van der Waals surface area contributed by atoms with E-state index in [9.17, 15) is 23.1 Å². The van der Waals surface area contributed by atoms with Gasteiger partial charge < -0.3 is 14.8 Å². The van der Waals surface area contributed by atoms with E-state index in [1.165, 1.54) is 6.07 Å². The number of amides is 1. The Balaban J connectivity index is 1.86. The molecule has 6 nitrogen and oxygen atoms in total. The highest BCUT2D eigenvalue weighted by Crippen LogP contribution is 2.29. The van der Waals surface area contributed by atoms with Crippen molar-refractivity contribution in [2.75, 3.05) is 6.54 Å². The molecule has 1 amide bonds. The van der Waals surface area contributed by atoms with Gasteiger partial charge in [0.15, 0.2) is 0 Å². The fraction of sp³-hybridized carbons (Fsp3) is 0.381. The molecule has 0 aliphatic carbocycles. The molecule has 1 heterocycles. The highest BCUT2D eigenvalue weighted by atomic mass is 19.4. The van der Waals surface area contributed by atoms with Gasteiger partial charge in [0.05, 0.1) is 17.6 Å². The van der Waals surface area contributed by atoms with Crippen LogP contribution in [0.3, 0.4) is 0 Å². The Morgan fingerprint density at radius 2 is 1.83 bits per heavy atom. The summed E-state index contributed by atoms with van der Waals surface area (Å²) in [6, 6.07) is 4.89. The second kappa shape index (κ2) is 10.2. The summed E-state index contributed by atoms with van der Waals surface area (Å²) in [5, 5.41) is 20.7. The molecule has 162 valence electrons. The minimum absolute atomic E-state index is 0.0501. The smallest absolute Gasteiger partial charge is 0.416 e. The molecule has 0 bridgehead atoms. The molecule has 0 saturated carbocycles. The van der Waals surface area contributed by atoms with Crippen molar-refractivity contribution >= 4 is 5.91 Å². The van der Waals surface area contributed by atoms with Gasteiger partial charge in [0.1, 0.15) is 0 Å². The van der Waals surface area contributed by atoms with Gasteiger partial charge in [-0.05, 0) is 24.5 Å². The number of halogens is 3. The predicted octanol–water partition coefficient (Wildman–Crippen LogP) is 3.61. The average molecular weight is 423 g/mol. The first-order valence-electron chi connectivity index (χ1n) is 9.33. The van der Waals surface area contributed by atoms with Crippen molar-refractivity contribution in [3.05, 3.63) is 72.5 Å². The molecule has 0 fully saturated rings. The van der Waals surface area contributed by atoms with E-state index in [-0.39, 0.29) is 43.5 Å². The lowest BCUT2D eigenvalue weighted by Crippen LogP contribution is -2.42. The van der Waals surface area contributed by atoms with E-state index in [4.69, 9.17) is 4.42 Å². The number of aryl methyl sites for hydroxylation is 1. The van der Waals surface area contributed by atoms with Gasteiger partial charge in [0, 0.05) is 19.4 Å². The molecule has 2 N–H and O–H groups in total. The lowest BCUT2D eigenvalue weighted by atomic mass is 9.95. The Bertz CT molecular complexity index is 868. The van der Waals surface area contributed by atoms with E-state index in [2.05, 4.69) is 28.7 Å². The summed E-state index contributed by atoms with van der Waals surface area (Å²) in [5.41, 5.74) is -1.49. The first-order chi connectivity index (χ1) is 14.1. The van der Waals surface area contributed by atoms with Gasteiger partial charge >= 0.3 is 6.18 Å². The topological polar surface area (TPSA) is 88.2 Å². The third-order valence-corrected chi connectivity index (χ3v) is 4.35. The number of nitrogens with one attached hydrogen (secondary N) is 1. The number of hydrogen-bond donors (Lipinski definition) is 2. The van der Waals surface area contributed by atoms with Crippen LogP contribution in [-0.2, 0) is 23.8 Å². The molecule has 2 rings (SSSR count). The molecular weight excluding hydrogens is 399 g/mol. The van der Waals surface area contributed by atoms with E-state index in [0.717, 1.165) is 12.1 Å². The van der Waals surface area contributed by atoms with Gasteiger partial charge in [-0.15, -0.1) is 23.4 Å². The van der Waals surface area contributed by atoms with Crippen molar-refractivity contribution in [3.63, 3.8) is 0 Å². The molecule has 1 aromatic carbocycles. The van der Waals surface area contributed by atoms with Crippen molar-refractivity contribution in [3.8, 4) is 0 Å². The number of carbonyl (C=O) groups is 1. The van der Waals surface area contributed by atoms with Crippen LogP contribution in [0.15, 0.2) is 54.0 Å². The standard InChI is InChI=1S/C21H24F3N3O3/c1-3-10-20(29,11-4-2)14-25-17(28)8-9-18-26-27-19(30-18)13-15-6-5-7-16(12-15)21(22,23)24/h3-7,12,29H,1-2,8-11,13-14H2,(H,25,28). The Labute approximate surface area is 172 Å². The molecule has 0 aliphatic heterocycles. The number of aliphatic hydroxyl groups is 1. The van der Waals surface area contributed by atoms with Gasteiger partial charge in [-0.1, -0.05) is 30.4 Å². The maximum absolute atomic E-state index is 12.8. The second-order valence-corrected chi connectivity index (χ2v) is 6.95. The third-order valence-electron chi connectivity index (χ3n) is 4.35. The molecule has 0 saturated heterocycles. The van der Waals surface area contributed by atoms with E-state index in [1.54, 1.807) is 18.2 Å². The number of alkyl halides is 3. The normalized spacial score (nSPS) is 11.9. The van der Waals surface area contributed by atoms with Crippen LogP contribution in [0.5, 0.6) is 0 Å². The monoisotopic (exact) mass is 423 g/mol. The SMILES string of the molecule is C=CCC(O)(CC=C)CNC(=O)CCc1nnc(Cc2cccc(C(F)(F)F)c2)o1. The van der Waals surface area contributed by atoms with Crippen molar-refractivity contribution in [2.45, 2.75) is 43.9 Å². The number of hydrogen-bond acceptors (Lipinski definition) is 5. The minimum atomic E-state index is -4.42. The number of nitrogens with zero attached hydrogens (tertiary/aromatic N) is 2. The van der Waals surface area contributed by atoms with Gasteiger partial charge in [-0.25, -0.2) is 0 Å². The van der Waals surface area contributed by atoms with Crippen LogP contribution in [0.4, 0.5) is 13.2 Å². The quantitative estimate of drug-likeness (QED) is 0.539. The number of aromatic nitrogens is 2. The Hall–Kier alpha value is -2.94. The van der Waals surface area contributed by atoms with Crippen LogP contribution >= 0.6 is 0 Å². The van der Waals surface area contributed by atoms with Crippen molar-refractivity contribution in [1.29, 1.82) is 0 Å². The fourth-order valence-corrected chi connectivity index (χ4v) is 2.83. The van der Waals surface area contributed by atoms with Crippen LogP contribution in [-0.4, -0.2) is 33.4 Å². The van der Waals surface area contributed by atoms with Crippen LogP contribution in [0.1, 0.15) is 42.2 Å². The molecule has 1 aromatic heterocycles. The van der Waals surface area contributed by atoms with Crippen LogP contribution < -0.4 is 5.32 Å². The van der Waals surface area contributed by atoms with Crippen molar-refractivity contribution in [1.82, 2.24) is 15.5 Å². The Morgan fingerprint density at radius 3 is 2.47 bits per heavy atom. The van der Waals surface area contributed by atoms with Crippen molar-refractivity contribution < 1.29 is 27.5 Å². The molecule has 9 heteroatoms. The zero-order valence-electron chi connectivity index (χ0n) is 16.4. The first kappa shape index (κ1) is 23.3. The molecule has 0 radical (unpaired) electrons. The zero-order valence-corrected chi connectivity index (χ0v) is 16.4. The van der Waals surface area contributed by atoms with E-state index in [0.29, 0.717) is 18.4 Å². The summed E-state index contributed by atoms with van der Waals surface area (Å²) in [5.74, 6) is 0.0647. The molecule has 2 aromatic rings. The predicted molar refractivity (Wildman–Crippen MR) is 104 cm³/mol. The second-order valence-electron chi connectivity index (χ2n) is 6.95. The first-order valence-corrected chi connectivity index (χ1v) is 9.33. The molecule has 30 heavy (non-hydrogen) atoms. The van der Waals surface area contributed by atoms with Crippen LogP contribution in [0, 0.1) is 0 Å². The van der Waals surface area contributed by atoms with E-state index < -0.39 is 17.3 Å². The fourth-order valence-electron chi connectivity index (χ4n) is 2.83. The highest BCUT2D eigenvalue weighted by Gasteiger charge is 2.30. The number of benzene rings is 1. The maximum Gasteiger partial charge on any atom is 0.416 e. The third kappa shape index (κ3) is 7.14. The molecule has 0 spiro atoms. The molecule has 0 unspecified atom stereocenters. The number of carbonyl (C=O) groups excluding carboxylic acids is 1. The van der Waals surface area contributed by atoms with Gasteiger partial charge in [0.2, 0.25) is 17.7 Å². The summed E-state index contributed by atoms with van der Waals surface area (Å²) >= 11 is 0. The molecular formula is C21H24F3N3O3. The molecule has 0 aliphatic rings. The van der Waals surface area contributed by atoms with E-state index >= 15 is 0 Å².